The summed E-state index contributed by atoms with van der Waals surface area (Å²) in [7, 11) is 1.78. The van der Waals surface area contributed by atoms with E-state index in [0.717, 1.165) is 0 Å². The number of aromatic nitrogens is 4. The summed E-state index contributed by atoms with van der Waals surface area (Å²) < 4.78 is 7.13. The van der Waals surface area contributed by atoms with Crippen LogP contribution in [-0.2, 0) is 0 Å². The van der Waals surface area contributed by atoms with E-state index in [0.29, 0.717) is 47.7 Å². The van der Waals surface area contributed by atoms with Crippen molar-refractivity contribution in [1.82, 2.24) is 24.9 Å². The highest BCUT2D eigenvalue weighted by molar-refractivity contribution is 6.00. The minimum absolute atomic E-state index is 0.251. The average molecular weight is 325 g/mol. The monoisotopic (exact) mass is 325 g/mol. The quantitative estimate of drug-likeness (QED) is 0.613. The Balaban J connectivity index is 1.88. The molecule has 0 atom stereocenters. The van der Waals surface area contributed by atoms with Crippen LogP contribution >= 0.6 is 0 Å². The molecule has 9 heteroatoms. The summed E-state index contributed by atoms with van der Waals surface area (Å²) in [6.45, 7) is 0.674. The van der Waals surface area contributed by atoms with Gasteiger partial charge in [-0.2, -0.15) is 14.6 Å². The molecule has 3 aromatic heterocycles. The summed E-state index contributed by atoms with van der Waals surface area (Å²) >= 11 is 0. The number of fused-ring (bicyclic) bond motifs is 3. The molecule has 0 radical (unpaired) electrons. The zero-order chi connectivity index (χ0) is 16.5. The van der Waals surface area contributed by atoms with Gasteiger partial charge in [0.05, 0.1) is 12.7 Å². The molecule has 0 saturated carbocycles. The topological polar surface area (TPSA) is 105 Å². The largest absolute Gasteiger partial charge is 0.476 e. The third-order valence-electron chi connectivity index (χ3n) is 3.59. The Morgan fingerprint density at radius 2 is 2.21 bits per heavy atom. The lowest BCUT2D eigenvalue weighted by atomic mass is 10.3. The van der Waals surface area contributed by atoms with E-state index < -0.39 is 0 Å². The number of rotatable bonds is 1. The fourth-order valence-electron chi connectivity index (χ4n) is 2.48. The third-order valence-corrected chi connectivity index (χ3v) is 3.59. The molecule has 0 aromatic carbocycles. The van der Waals surface area contributed by atoms with Crippen molar-refractivity contribution in [3.8, 4) is 5.88 Å². The number of amides is 1. The Kier molecular flexibility index (Phi) is 3.38. The van der Waals surface area contributed by atoms with Gasteiger partial charge in [0.2, 0.25) is 5.88 Å². The van der Waals surface area contributed by atoms with Crippen LogP contribution in [0.25, 0.3) is 5.65 Å². The molecule has 122 valence electrons. The molecule has 4 rings (SSSR count). The summed E-state index contributed by atoms with van der Waals surface area (Å²) in [5.41, 5.74) is 0.854. The third kappa shape index (κ3) is 2.45. The first kappa shape index (κ1) is 14.2. The smallest absolute Gasteiger partial charge is 0.256 e. The number of anilines is 3. The lowest BCUT2D eigenvalue weighted by Crippen LogP contribution is -2.28. The molecule has 9 nitrogen and oxygen atoms in total. The van der Waals surface area contributed by atoms with Gasteiger partial charge in [0, 0.05) is 19.2 Å². The highest BCUT2D eigenvalue weighted by Gasteiger charge is 2.17. The molecular formula is C15H15N7O2. The van der Waals surface area contributed by atoms with Gasteiger partial charge in [-0.1, -0.05) is 6.07 Å². The highest BCUT2D eigenvalue weighted by atomic mass is 16.5. The van der Waals surface area contributed by atoms with Crippen LogP contribution < -0.4 is 20.7 Å². The standard InChI is InChI=1S/C15H15N7O2/c1-16-12-7-11-19-10-3-2-4-13(20-10)24-6-5-17-15(23)9-8-18-22(12)14(9)21-11/h2-4,7-8,16H,5-6H2,1H3,(H,17,23)(H,19,20,21). The van der Waals surface area contributed by atoms with E-state index in [1.165, 1.54) is 6.20 Å². The molecule has 4 heterocycles. The first-order valence-electron chi connectivity index (χ1n) is 7.46. The SMILES string of the molecule is CNc1cc2nc3c(cnn13)C(=O)NCCOc1cccc(n1)N2. The van der Waals surface area contributed by atoms with Crippen LogP contribution in [0.5, 0.6) is 5.88 Å². The van der Waals surface area contributed by atoms with Crippen molar-refractivity contribution >= 4 is 29.0 Å². The van der Waals surface area contributed by atoms with Gasteiger partial charge in [-0.05, 0) is 6.07 Å². The number of ether oxygens (including phenoxy) is 1. The van der Waals surface area contributed by atoms with Crippen LogP contribution in [0.1, 0.15) is 10.4 Å². The summed E-state index contributed by atoms with van der Waals surface area (Å²) in [6.07, 6.45) is 1.50. The van der Waals surface area contributed by atoms with Gasteiger partial charge in [0.1, 0.15) is 29.6 Å². The molecule has 1 amide bonds. The van der Waals surface area contributed by atoms with Crippen LogP contribution in [0.2, 0.25) is 0 Å². The van der Waals surface area contributed by atoms with Gasteiger partial charge >= 0.3 is 0 Å². The maximum atomic E-state index is 12.4. The van der Waals surface area contributed by atoms with Gasteiger partial charge in [-0.25, -0.2) is 4.98 Å². The van der Waals surface area contributed by atoms with E-state index in [2.05, 4.69) is 31.0 Å². The van der Waals surface area contributed by atoms with Gasteiger partial charge < -0.3 is 20.7 Å². The Morgan fingerprint density at radius 3 is 3.08 bits per heavy atom. The second kappa shape index (κ2) is 5.69. The Hall–Kier alpha value is -3.36. The van der Waals surface area contributed by atoms with Crippen LogP contribution in [0.15, 0.2) is 30.5 Å². The summed E-state index contributed by atoms with van der Waals surface area (Å²) in [5.74, 6) is 2.07. The van der Waals surface area contributed by atoms with Crippen molar-refractivity contribution in [2.75, 3.05) is 30.8 Å². The molecule has 24 heavy (non-hydrogen) atoms. The zero-order valence-electron chi connectivity index (χ0n) is 12.9. The van der Waals surface area contributed by atoms with E-state index in [-0.39, 0.29) is 5.91 Å². The van der Waals surface area contributed by atoms with Crippen LogP contribution in [0, 0.1) is 0 Å². The number of pyridine rings is 1. The number of carbonyl (C=O) groups is 1. The number of carbonyl (C=O) groups excluding carboxylic acids is 1. The lowest BCUT2D eigenvalue weighted by Gasteiger charge is -2.10. The molecule has 4 bridgehead atoms. The van der Waals surface area contributed by atoms with Crippen LogP contribution in [0.3, 0.4) is 0 Å². The molecule has 3 N–H and O–H groups in total. The molecule has 1 aliphatic heterocycles. The van der Waals surface area contributed by atoms with Crippen molar-refractivity contribution in [2.24, 2.45) is 0 Å². The molecular weight excluding hydrogens is 310 g/mol. The first-order chi connectivity index (χ1) is 11.7. The second-order valence-electron chi connectivity index (χ2n) is 5.16. The van der Waals surface area contributed by atoms with E-state index >= 15 is 0 Å². The number of hydrogen-bond acceptors (Lipinski definition) is 7. The van der Waals surface area contributed by atoms with Crippen LogP contribution in [0.4, 0.5) is 17.5 Å². The van der Waals surface area contributed by atoms with Crippen LogP contribution in [-0.4, -0.2) is 45.7 Å². The maximum absolute atomic E-state index is 12.4. The Bertz CT molecular complexity index is 921. The second-order valence-corrected chi connectivity index (χ2v) is 5.16. The lowest BCUT2D eigenvalue weighted by molar-refractivity contribution is 0.0948. The summed E-state index contributed by atoms with van der Waals surface area (Å²) in [4.78, 5) is 21.2. The van der Waals surface area contributed by atoms with Gasteiger partial charge in [-0.15, -0.1) is 0 Å². The Morgan fingerprint density at radius 1 is 1.29 bits per heavy atom. The molecule has 0 unspecified atom stereocenters. The molecule has 3 aromatic rings. The predicted octanol–water partition coefficient (Wildman–Crippen LogP) is 1.03. The summed E-state index contributed by atoms with van der Waals surface area (Å²) in [6, 6.07) is 7.20. The highest BCUT2D eigenvalue weighted by Crippen LogP contribution is 2.22. The van der Waals surface area contributed by atoms with Crippen molar-refractivity contribution in [2.45, 2.75) is 0 Å². The van der Waals surface area contributed by atoms with Gasteiger partial charge in [-0.3, -0.25) is 4.79 Å². The fourth-order valence-corrected chi connectivity index (χ4v) is 2.48. The predicted molar refractivity (Wildman–Crippen MR) is 87.9 cm³/mol. The van der Waals surface area contributed by atoms with Crippen molar-refractivity contribution < 1.29 is 9.53 Å². The fraction of sp³-hybridized carbons (Fsp3) is 0.200. The van der Waals surface area contributed by atoms with Crippen molar-refractivity contribution in [3.05, 3.63) is 36.0 Å². The van der Waals surface area contributed by atoms with Crippen molar-refractivity contribution in [1.29, 1.82) is 0 Å². The normalized spacial score (nSPS) is 14.0. The first-order valence-corrected chi connectivity index (χ1v) is 7.46. The summed E-state index contributed by atoms with van der Waals surface area (Å²) in [5, 5.41) is 13.2. The number of hydrogen-bond donors (Lipinski definition) is 3. The average Bonchev–Trinajstić information content (AvgIpc) is 3.01. The van der Waals surface area contributed by atoms with Gasteiger partial charge in [0.15, 0.2) is 5.65 Å². The van der Waals surface area contributed by atoms with E-state index in [9.17, 15) is 4.79 Å². The van der Waals surface area contributed by atoms with Gasteiger partial charge in [0.25, 0.3) is 5.91 Å². The maximum Gasteiger partial charge on any atom is 0.256 e. The molecule has 1 aliphatic rings. The zero-order valence-corrected chi connectivity index (χ0v) is 12.9. The Labute approximate surface area is 137 Å². The number of nitrogens with zero attached hydrogens (tertiary/aromatic N) is 4. The van der Waals surface area contributed by atoms with Crippen molar-refractivity contribution in [3.63, 3.8) is 0 Å². The van der Waals surface area contributed by atoms with E-state index in [1.807, 2.05) is 12.1 Å². The molecule has 0 saturated heterocycles. The molecule has 0 aliphatic carbocycles. The minimum Gasteiger partial charge on any atom is -0.476 e. The minimum atomic E-state index is -0.251. The number of nitrogens with one attached hydrogen (secondary N) is 3. The molecule has 0 fully saturated rings. The molecule has 0 spiro atoms. The van der Waals surface area contributed by atoms with E-state index in [1.54, 1.807) is 23.7 Å². The van der Waals surface area contributed by atoms with E-state index in [4.69, 9.17) is 4.74 Å².